The van der Waals surface area contributed by atoms with Gasteiger partial charge in [-0.05, 0) is 75.3 Å². The molecule has 4 rings (SSSR count). The van der Waals surface area contributed by atoms with Gasteiger partial charge < -0.3 is 19.5 Å². The first-order valence-corrected chi connectivity index (χ1v) is 12.4. The van der Waals surface area contributed by atoms with Crippen molar-refractivity contribution in [3.05, 3.63) is 23.2 Å². The number of carbonyl (C=O) groups is 1. The van der Waals surface area contributed by atoms with Crippen LogP contribution in [-0.4, -0.2) is 91.2 Å². The van der Waals surface area contributed by atoms with Crippen LogP contribution in [0.2, 0.25) is 0 Å². The monoisotopic (exact) mass is 432 g/mol. The van der Waals surface area contributed by atoms with E-state index in [1.54, 1.807) is 18.4 Å². The molecule has 0 spiro atoms. The van der Waals surface area contributed by atoms with Gasteiger partial charge in [-0.2, -0.15) is 0 Å². The highest BCUT2D eigenvalue weighted by atomic mass is 32.1. The van der Waals surface area contributed by atoms with Crippen LogP contribution >= 0.6 is 11.3 Å². The molecule has 166 valence electrons. The first kappa shape index (κ1) is 21.8. The third-order valence-corrected chi connectivity index (χ3v) is 7.76. The van der Waals surface area contributed by atoms with Crippen molar-refractivity contribution in [2.75, 3.05) is 59.5 Å². The number of ether oxygens (including phenoxy) is 1. The topological polar surface area (TPSA) is 51.8 Å². The molecule has 1 N–H and O–H groups in total. The molecule has 2 aromatic heterocycles. The zero-order chi connectivity index (χ0) is 20.9. The molecule has 0 unspecified atom stereocenters. The summed E-state index contributed by atoms with van der Waals surface area (Å²) in [6, 6.07) is 4.60. The van der Waals surface area contributed by atoms with E-state index in [9.17, 15) is 4.79 Å². The van der Waals surface area contributed by atoms with Crippen LogP contribution in [0.4, 0.5) is 0 Å². The van der Waals surface area contributed by atoms with Crippen LogP contribution in [0.5, 0.6) is 0 Å². The summed E-state index contributed by atoms with van der Waals surface area (Å²) in [7, 11) is 1.77. The van der Waals surface area contributed by atoms with E-state index in [-0.39, 0.29) is 5.91 Å². The maximum absolute atomic E-state index is 13.5. The first-order valence-electron chi connectivity index (χ1n) is 11.5. The molecular weight excluding hydrogens is 396 g/mol. The number of rotatable bonds is 9. The molecule has 2 aromatic rings. The Labute approximate surface area is 184 Å². The summed E-state index contributed by atoms with van der Waals surface area (Å²) in [5.74, 6) is 0.753. The Morgan fingerprint density at radius 3 is 2.83 bits per heavy atom. The number of H-pyrrole nitrogens is 1. The zero-order valence-electron chi connectivity index (χ0n) is 18.4. The number of likely N-dealkylation sites (N-methyl/N-ethyl adjacent to an activating group) is 1. The first-order chi connectivity index (χ1) is 14.7. The summed E-state index contributed by atoms with van der Waals surface area (Å²) in [5.41, 5.74) is 1.82. The Balaban J connectivity index is 1.43. The Morgan fingerprint density at radius 2 is 2.10 bits per heavy atom. The molecule has 0 bridgehead atoms. The largest absolute Gasteiger partial charge is 0.383 e. The van der Waals surface area contributed by atoms with Gasteiger partial charge in [0.05, 0.1) is 16.8 Å². The predicted molar refractivity (Wildman–Crippen MR) is 123 cm³/mol. The number of piperidine rings is 1. The fourth-order valence-electron chi connectivity index (χ4n) is 5.07. The number of aromatic nitrogens is 1. The minimum Gasteiger partial charge on any atom is -0.383 e. The molecule has 2 aliphatic rings. The van der Waals surface area contributed by atoms with Crippen LogP contribution in [0.25, 0.3) is 10.2 Å². The number of amides is 1. The Bertz CT molecular complexity index is 783. The summed E-state index contributed by atoms with van der Waals surface area (Å²) in [5, 5.41) is 2.07. The lowest BCUT2D eigenvalue weighted by Gasteiger charge is -2.36. The van der Waals surface area contributed by atoms with Crippen LogP contribution in [0.15, 0.2) is 17.5 Å². The molecule has 2 fully saturated rings. The Hall–Kier alpha value is -1.41. The van der Waals surface area contributed by atoms with Gasteiger partial charge in [-0.15, -0.1) is 11.3 Å². The summed E-state index contributed by atoms with van der Waals surface area (Å²) in [6.45, 7) is 10.2. The molecular formula is C23H36N4O2S. The molecule has 30 heavy (non-hydrogen) atoms. The highest BCUT2D eigenvalue weighted by Crippen LogP contribution is 2.25. The van der Waals surface area contributed by atoms with E-state index in [1.807, 2.05) is 6.07 Å². The second-order valence-corrected chi connectivity index (χ2v) is 9.74. The number of thiophene rings is 1. The van der Waals surface area contributed by atoms with Gasteiger partial charge in [-0.3, -0.25) is 9.69 Å². The average molecular weight is 433 g/mol. The predicted octanol–water partition coefficient (Wildman–Crippen LogP) is 3.51. The SMILES string of the molecule is CCN1CCC[C@H]1CN(CC1CCN(CCOC)CC1)C(=O)c1cc2sccc2[nH]1. The number of hydrogen-bond acceptors (Lipinski definition) is 5. The standard InChI is InChI=1S/C23H36N4O2S/c1-3-26-9-4-5-19(26)17-27(16-18-6-10-25(11-7-18)12-13-29-2)23(28)21-15-22-20(24-21)8-14-30-22/h8,14-15,18-19,24H,3-7,9-13,16-17H2,1-2H3/t19-/m0/s1. The van der Waals surface area contributed by atoms with Crippen LogP contribution in [0, 0.1) is 5.92 Å². The second kappa shape index (κ2) is 10.3. The molecule has 4 heterocycles. The molecule has 1 amide bonds. The van der Waals surface area contributed by atoms with E-state index in [0.717, 1.165) is 69.9 Å². The smallest absolute Gasteiger partial charge is 0.270 e. The highest BCUT2D eigenvalue weighted by molar-refractivity contribution is 7.17. The van der Waals surface area contributed by atoms with E-state index in [1.165, 1.54) is 24.1 Å². The van der Waals surface area contributed by atoms with Crippen molar-refractivity contribution in [3.8, 4) is 0 Å². The van der Waals surface area contributed by atoms with Crippen LogP contribution in [-0.2, 0) is 4.74 Å². The lowest BCUT2D eigenvalue weighted by Crippen LogP contribution is -2.46. The summed E-state index contributed by atoms with van der Waals surface area (Å²) >= 11 is 1.69. The summed E-state index contributed by atoms with van der Waals surface area (Å²) < 4.78 is 6.40. The van der Waals surface area contributed by atoms with Crippen LogP contribution in [0.1, 0.15) is 43.1 Å². The number of nitrogens with one attached hydrogen (secondary N) is 1. The van der Waals surface area contributed by atoms with Gasteiger partial charge in [0.25, 0.3) is 5.91 Å². The third-order valence-electron chi connectivity index (χ3n) is 6.89. The normalized spacial score (nSPS) is 21.6. The van der Waals surface area contributed by atoms with Crippen LogP contribution in [0.3, 0.4) is 0 Å². The summed E-state index contributed by atoms with van der Waals surface area (Å²) in [6.07, 6.45) is 4.77. The van der Waals surface area contributed by atoms with Crippen molar-refractivity contribution in [1.29, 1.82) is 0 Å². The number of hydrogen-bond donors (Lipinski definition) is 1. The molecule has 2 saturated heterocycles. The van der Waals surface area contributed by atoms with Gasteiger partial charge in [0.15, 0.2) is 0 Å². The molecule has 6 nitrogen and oxygen atoms in total. The van der Waals surface area contributed by atoms with Crippen molar-refractivity contribution < 1.29 is 9.53 Å². The van der Waals surface area contributed by atoms with Crippen molar-refractivity contribution >= 4 is 27.5 Å². The molecule has 1 atom stereocenters. The molecule has 0 aromatic carbocycles. The highest BCUT2D eigenvalue weighted by Gasteiger charge is 2.30. The van der Waals surface area contributed by atoms with Gasteiger partial charge in [0.1, 0.15) is 5.69 Å². The molecule has 0 radical (unpaired) electrons. The lowest BCUT2D eigenvalue weighted by atomic mass is 9.95. The number of likely N-dealkylation sites (tertiary alicyclic amines) is 2. The molecule has 2 aliphatic heterocycles. The van der Waals surface area contributed by atoms with Gasteiger partial charge in [-0.25, -0.2) is 0 Å². The molecule has 7 heteroatoms. The molecule has 0 saturated carbocycles. The van der Waals surface area contributed by atoms with E-state index in [0.29, 0.717) is 12.0 Å². The van der Waals surface area contributed by atoms with Crippen molar-refractivity contribution in [3.63, 3.8) is 0 Å². The van der Waals surface area contributed by atoms with E-state index < -0.39 is 0 Å². The van der Waals surface area contributed by atoms with Crippen molar-refractivity contribution in [1.82, 2.24) is 19.7 Å². The van der Waals surface area contributed by atoms with E-state index in [2.05, 4.69) is 38.1 Å². The maximum atomic E-state index is 13.5. The zero-order valence-corrected chi connectivity index (χ0v) is 19.3. The quantitative estimate of drug-likeness (QED) is 0.659. The number of methoxy groups -OCH3 is 1. The Kier molecular flexibility index (Phi) is 7.46. The number of nitrogens with zero attached hydrogens (tertiary/aromatic N) is 3. The number of fused-ring (bicyclic) bond motifs is 1. The molecule has 0 aliphatic carbocycles. The van der Waals surface area contributed by atoms with Gasteiger partial charge in [-0.1, -0.05) is 6.92 Å². The number of aromatic amines is 1. The second-order valence-electron chi connectivity index (χ2n) is 8.79. The van der Waals surface area contributed by atoms with Crippen molar-refractivity contribution in [2.24, 2.45) is 5.92 Å². The fraction of sp³-hybridized carbons (Fsp3) is 0.696. The fourth-order valence-corrected chi connectivity index (χ4v) is 5.85. The minimum absolute atomic E-state index is 0.170. The van der Waals surface area contributed by atoms with Gasteiger partial charge in [0, 0.05) is 32.8 Å². The van der Waals surface area contributed by atoms with Crippen LogP contribution < -0.4 is 0 Å². The van der Waals surface area contributed by atoms with E-state index in [4.69, 9.17) is 4.74 Å². The lowest BCUT2D eigenvalue weighted by molar-refractivity contribution is 0.0612. The van der Waals surface area contributed by atoms with E-state index >= 15 is 0 Å². The Morgan fingerprint density at radius 1 is 1.27 bits per heavy atom. The summed E-state index contributed by atoms with van der Waals surface area (Å²) in [4.78, 5) is 24.1. The average Bonchev–Trinajstić information content (AvgIpc) is 3.48. The third kappa shape index (κ3) is 5.07. The van der Waals surface area contributed by atoms with Crippen molar-refractivity contribution in [2.45, 2.75) is 38.6 Å². The minimum atomic E-state index is 0.170. The maximum Gasteiger partial charge on any atom is 0.270 e. The van der Waals surface area contributed by atoms with Gasteiger partial charge >= 0.3 is 0 Å². The number of carbonyl (C=O) groups excluding carboxylic acids is 1. The van der Waals surface area contributed by atoms with Gasteiger partial charge in [0.2, 0.25) is 0 Å².